The van der Waals surface area contributed by atoms with E-state index in [-0.39, 0.29) is 12.5 Å². The standard InChI is InChI=1S/C15H19NO2S/c17-15(18)9-14-10-19-6-5-16(14)13-7-11-3-1-2-4-12(11)8-13/h1-4,13-14H,5-10H2,(H,17,18). The van der Waals surface area contributed by atoms with Gasteiger partial charge in [-0.25, -0.2) is 0 Å². The molecule has 0 saturated carbocycles. The second-order valence-electron chi connectivity index (χ2n) is 5.40. The van der Waals surface area contributed by atoms with Crippen LogP contribution in [0.3, 0.4) is 0 Å². The maximum atomic E-state index is 11.0. The molecule has 102 valence electrons. The Balaban J connectivity index is 1.73. The summed E-state index contributed by atoms with van der Waals surface area (Å²) in [4.78, 5) is 13.5. The van der Waals surface area contributed by atoms with E-state index in [0.717, 1.165) is 30.9 Å². The number of hydrogen-bond donors (Lipinski definition) is 1. The average Bonchev–Trinajstić information content (AvgIpc) is 2.82. The molecular formula is C15H19NO2S. The number of nitrogens with zero attached hydrogens (tertiary/aromatic N) is 1. The number of aliphatic carboxylic acids is 1. The minimum atomic E-state index is -0.673. The monoisotopic (exact) mass is 277 g/mol. The van der Waals surface area contributed by atoms with E-state index in [9.17, 15) is 4.79 Å². The molecular weight excluding hydrogens is 258 g/mol. The van der Waals surface area contributed by atoms with Gasteiger partial charge in [-0.2, -0.15) is 11.8 Å². The fourth-order valence-electron chi connectivity index (χ4n) is 3.30. The smallest absolute Gasteiger partial charge is 0.304 e. The molecule has 3 nitrogen and oxygen atoms in total. The minimum Gasteiger partial charge on any atom is -0.481 e. The summed E-state index contributed by atoms with van der Waals surface area (Å²) in [6.45, 7) is 1.03. The lowest BCUT2D eigenvalue weighted by Crippen LogP contribution is -2.49. The van der Waals surface area contributed by atoms with Gasteiger partial charge in [0.15, 0.2) is 0 Å². The molecule has 0 radical (unpaired) electrons. The van der Waals surface area contributed by atoms with Crippen molar-refractivity contribution in [1.29, 1.82) is 0 Å². The van der Waals surface area contributed by atoms with Crippen LogP contribution in [0.15, 0.2) is 24.3 Å². The Morgan fingerprint density at radius 2 is 2.00 bits per heavy atom. The van der Waals surface area contributed by atoms with Crippen molar-refractivity contribution in [1.82, 2.24) is 4.90 Å². The van der Waals surface area contributed by atoms with E-state index in [1.165, 1.54) is 11.1 Å². The molecule has 0 spiro atoms. The van der Waals surface area contributed by atoms with E-state index in [2.05, 4.69) is 29.2 Å². The predicted molar refractivity (Wildman–Crippen MR) is 77.7 cm³/mol. The summed E-state index contributed by atoms with van der Waals surface area (Å²) in [6.07, 6.45) is 2.44. The Morgan fingerprint density at radius 3 is 2.63 bits per heavy atom. The van der Waals surface area contributed by atoms with Gasteiger partial charge in [-0.3, -0.25) is 9.69 Å². The van der Waals surface area contributed by atoms with Gasteiger partial charge in [0, 0.05) is 30.1 Å². The van der Waals surface area contributed by atoms with Gasteiger partial charge in [0.05, 0.1) is 6.42 Å². The molecule has 1 aromatic carbocycles. The van der Waals surface area contributed by atoms with E-state index in [1.54, 1.807) is 0 Å². The van der Waals surface area contributed by atoms with Gasteiger partial charge in [-0.05, 0) is 24.0 Å². The van der Waals surface area contributed by atoms with Crippen LogP contribution in [0.4, 0.5) is 0 Å². The lowest BCUT2D eigenvalue weighted by atomic mass is 10.1. The molecule has 1 N–H and O–H groups in total. The van der Waals surface area contributed by atoms with Crippen molar-refractivity contribution in [2.75, 3.05) is 18.1 Å². The van der Waals surface area contributed by atoms with Crippen LogP contribution in [0.2, 0.25) is 0 Å². The van der Waals surface area contributed by atoms with E-state index < -0.39 is 5.97 Å². The SMILES string of the molecule is O=C(O)CC1CSCCN1C1Cc2ccccc2C1. The zero-order valence-electron chi connectivity index (χ0n) is 10.9. The molecule has 0 amide bonds. The van der Waals surface area contributed by atoms with Crippen molar-refractivity contribution in [2.45, 2.75) is 31.3 Å². The first-order chi connectivity index (χ1) is 9.24. The predicted octanol–water partition coefficient (Wildman–Crippen LogP) is 2.05. The fourth-order valence-corrected chi connectivity index (χ4v) is 4.38. The van der Waals surface area contributed by atoms with Crippen molar-refractivity contribution >= 4 is 17.7 Å². The van der Waals surface area contributed by atoms with E-state index >= 15 is 0 Å². The van der Waals surface area contributed by atoms with Gasteiger partial charge in [0.2, 0.25) is 0 Å². The van der Waals surface area contributed by atoms with Crippen LogP contribution in [-0.4, -0.2) is 46.1 Å². The lowest BCUT2D eigenvalue weighted by Gasteiger charge is -2.39. The highest BCUT2D eigenvalue weighted by Crippen LogP contribution is 2.30. The van der Waals surface area contributed by atoms with Gasteiger partial charge >= 0.3 is 5.97 Å². The third-order valence-corrected chi connectivity index (χ3v) is 5.27. The Hall–Kier alpha value is -1.00. The average molecular weight is 277 g/mol. The molecule has 4 heteroatoms. The maximum absolute atomic E-state index is 11.0. The molecule has 1 aromatic rings. The number of benzene rings is 1. The summed E-state index contributed by atoms with van der Waals surface area (Å²) in [7, 11) is 0. The molecule has 1 fully saturated rings. The summed E-state index contributed by atoms with van der Waals surface area (Å²) >= 11 is 1.89. The zero-order chi connectivity index (χ0) is 13.2. The molecule has 1 saturated heterocycles. The number of hydrogen-bond acceptors (Lipinski definition) is 3. The fraction of sp³-hybridized carbons (Fsp3) is 0.533. The lowest BCUT2D eigenvalue weighted by molar-refractivity contribution is -0.138. The molecule has 0 aromatic heterocycles. The van der Waals surface area contributed by atoms with Crippen LogP contribution < -0.4 is 0 Å². The first-order valence-corrected chi connectivity index (χ1v) is 8.01. The number of carbonyl (C=O) groups is 1. The number of carboxylic acids is 1. The summed E-state index contributed by atoms with van der Waals surface area (Å²) in [5.74, 6) is 1.41. The third kappa shape index (κ3) is 2.79. The van der Waals surface area contributed by atoms with Gasteiger partial charge in [0.25, 0.3) is 0 Å². The summed E-state index contributed by atoms with van der Waals surface area (Å²) in [6, 6.07) is 9.32. The first kappa shape index (κ1) is 13.0. The normalized spacial score (nSPS) is 24.3. The van der Waals surface area contributed by atoms with Crippen LogP contribution in [-0.2, 0) is 17.6 Å². The highest BCUT2D eigenvalue weighted by molar-refractivity contribution is 7.99. The Labute approximate surface area is 118 Å². The quantitative estimate of drug-likeness (QED) is 0.918. The Kier molecular flexibility index (Phi) is 3.80. The largest absolute Gasteiger partial charge is 0.481 e. The van der Waals surface area contributed by atoms with Crippen molar-refractivity contribution in [3.63, 3.8) is 0 Å². The number of thioether (sulfide) groups is 1. The summed E-state index contributed by atoms with van der Waals surface area (Å²) in [5, 5.41) is 9.06. The van der Waals surface area contributed by atoms with E-state index in [0.29, 0.717) is 6.04 Å². The summed E-state index contributed by atoms with van der Waals surface area (Å²) in [5.41, 5.74) is 2.89. The number of carboxylic acid groups (broad SMARTS) is 1. The van der Waals surface area contributed by atoms with E-state index in [1.807, 2.05) is 11.8 Å². The second kappa shape index (κ2) is 5.55. The Bertz CT molecular complexity index is 452. The van der Waals surface area contributed by atoms with Crippen LogP contribution in [0.25, 0.3) is 0 Å². The van der Waals surface area contributed by atoms with Crippen molar-refractivity contribution in [3.05, 3.63) is 35.4 Å². The third-order valence-electron chi connectivity index (χ3n) is 4.18. The van der Waals surface area contributed by atoms with Gasteiger partial charge in [0.1, 0.15) is 0 Å². The van der Waals surface area contributed by atoms with Gasteiger partial charge < -0.3 is 5.11 Å². The zero-order valence-corrected chi connectivity index (χ0v) is 11.7. The highest BCUT2D eigenvalue weighted by atomic mass is 32.2. The molecule has 1 heterocycles. The maximum Gasteiger partial charge on any atom is 0.304 e. The highest BCUT2D eigenvalue weighted by Gasteiger charge is 2.33. The van der Waals surface area contributed by atoms with E-state index in [4.69, 9.17) is 5.11 Å². The van der Waals surface area contributed by atoms with Gasteiger partial charge in [-0.15, -0.1) is 0 Å². The van der Waals surface area contributed by atoms with Crippen LogP contribution in [0.5, 0.6) is 0 Å². The molecule has 19 heavy (non-hydrogen) atoms. The number of fused-ring (bicyclic) bond motifs is 1. The van der Waals surface area contributed by atoms with Crippen LogP contribution in [0, 0.1) is 0 Å². The van der Waals surface area contributed by atoms with Crippen molar-refractivity contribution in [3.8, 4) is 0 Å². The Morgan fingerprint density at radius 1 is 1.32 bits per heavy atom. The van der Waals surface area contributed by atoms with Crippen LogP contribution in [0.1, 0.15) is 17.5 Å². The molecule has 1 aliphatic carbocycles. The van der Waals surface area contributed by atoms with Crippen LogP contribution >= 0.6 is 11.8 Å². The summed E-state index contributed by atoms with van der Waals surface area (Å²) < 4.78 is 0. The molecule has 1 aliphatic heterocycles. The molecule has 0 bridgehead atoms. The second-order valence-corrected chi connectivity index (χ2v) is 6.55. The molecule has 1 atom stereocenters. The first-order valence-electron chi connectivity index (χ1n) is 6.86. The topological polar surface area (TPSA) is 40.5 Å². The van der Waals surface area contributed by atoms with Crippen molar-refractivity contribution in [2.24, 2.45) is 0 Å². The van der Waals surface area contributed by atoms with Gasteiger partial charge in [-0.1, -0.05) is 24.3 Å². The molecule has 1 unspecified atom stereocenters. The number of rotatable bonds is 3. The molecule has 3 rings (SSSR count). The minimum absolute atomic E-state index is 0.204. The van der Waals surface area contributed by atoms with Crippen molar-refractivity contribution < 1.29 is 9.90 Å². The molecule has 2 aliphatic rings.